The third-order valence-electron chi connectivity index (χ3n) is 5.02. The maximum Gasteiger partial charge on any atom is 0.00957 e. The Morgan fingerprint density at radius 2 is 1.75 bits per heavy atom. The Kier molecular flexibility index (Phi) is 5.65. The van der Waals surface area contributed by atoms with Crippen LogP contribution in [0.4, 0.5) is 0 Å². The summed E-state index contributed by atoms with van der Waals surface area (Å²) in [7, 11) is 0. The lowest BCUT2D eigenvalue weighted by Gasteiger charge is -2.37. The number of hydrogen-bond acceptors (Lipinski definition) is 1. The third-order valence-corrected chi connectivity index (χ3v) is 5.02. The molecule has 0 aliphatic heterocycles. The molecule has 112 valence electrons. The van der Waals surface area contributed by atoms with Crippen LogP contribution in [0.2, 0.25) is 0 Å². The Bertz CT molecular complexity index is 376. The molecule has 1 fully saturated rings. The highest BCUT2D eigenvalue weighted by Gasteiger charge is 2.39. The van der Waals surface area contributed by atoms with E-state index in [1.54, 1.807) is 0 Å². The molecule has 2 rings (SSSR count). The maximum atomic E-state index is 6.63. The first-order valence-electron chi connectivity index (χ1n) is 8.42. The lowest BCUT2D eigenvalue weighted by atomic mass is 9.71. The van der Waals surface area contributed by atoms with E-state index in [1.807, 2.05) is 0 Å². The average Bonchev–Trinajstić information content (AvgIpc) is 2.89. The zero-order valence-corrected chi connectivity index (χ0v) is 13.3. The summed E-state index contributed by atoms with van der Waals surface area (Å²) in [6.45, 7) is 4.69. The molecule has 1 atom stereocenters. The first-order valence-corrected chi connectivity index (χ1v) is 8.42. The number of hydrogen-bond donors (Lipinski definition) is 1. The molecule has 0 aromatic heterocycles. The minimum Gasteiger partial charge on any atom is -0.327 e. The SMILES string of the molecule is CC(C)CC1(C(N)CCCc2ccccc2)CCCC1. The van der Waals surface area contributed by atoms with Gasteiger partial charge in [-0.25, -0.2) is 0 Å². The lowest BCUT2D eigenvalue weighted by Crippen LogP contribution is -2.40. The minimum atomic E-state index is 0.399. The molecular formula is C19H31N. The largest absolute Gasteiger partial charge is 0.327 e. The quantitative estimate of drug-likeness (QED) is 0.748. The Morgan fingerprint density at radius 3 is 2.35 bits per heavy atom. The molecule has 1 aromatic carbocycles. The monoisotopic (exact) mass is 273 g/mol. The van der Waals surface area contributed by atoms with Crippen LogP contribution in [0, 0.1) is 11.3 Å². The van der Waals surface area contributed by atoms with Gasteiger partial charge in [0, 0.05) is 6.04 Å². The molecule has 1 aliphatic rings. The van der Waals surface area contributed by atoms with E-state index >= 15 is 0 Å². The number of aryl methyl sites for hydroxylation is 1. The zero-order chi connectivity index (χ0) is 14.4. The summed E-state index contributed by atoms with van der Waals surface area (Å²) in [5, 5.41) is 0. The summed E-state index contributed by atoms with van der Waals surface area (Å²) < 4.78 is 0. The van der Waals surface area contributed by atoms with Gasteiger partial charge in [0.2, 0.25) is 0 Å². The number of rotatable bonds is 7. The summed E-state index contributed by atoms with van der Waals surface area (Å²) in [6, 6.07) is 11.2. The molecule has 1 saturated carbocycles. The van der Waals surface area contributed by atoms with Crippen molar-refractivity contribution in [1.29, 1.82) is 0 Å². The summed E-state index contributed by atoms with van der Waals surface area (Å²) in [4.78, 5) is 0. The van der Waals surface area contributed by atoms with Gasteiger partial charge >= 0.3 is 0 Å². The molecule has 1 unspecified atom stereocenters. The van der Waals surface area contributed by atoms with Crippen LogP contribution in [0.15, 0.2) is 30.3 Å². The van der Waals surface area contributed by atoms with Crippen LogP contribution in [0.5, 0.6) is 0 Å². The van der Waals surface area contributed by atoms with Crippen molar-refractivity contribution in [2.45, 2.75) is 71.3 Å². The van der Waals surface area contributed by atoms with Crippen molar-refractivity contribution in [3.63, 3.8) is 0 Å². The van der Waals surface area contributed by atoms with Gasteiger partial charge in [-0.15, -0.1) is 0 Å². The van der Waals surface area contributed by atoms with Crippen molar-refractivity contribution in [2.75, 3.05) is 0 Å². The molecule has 1 heteroatoms. The molecular weight excluding hydrogens is 242 g/mol. The van der Waals surface area contributed by atoms with E-state index in [9.17, 15) is 0 Å². The van der Waals surface area contributed by atoms with E-state index in [4.69, 9.17) is 5.73 Å². The van der Waals surface area contributed by atoms with Crippen LogP contribution in [0.1, 0.15) is 64.4 Å². The van der Waals surface area contributed by atoms with E-state index in [2.05, 4.69) is 44.2 Å². The standard InChI is InChI=1S/C19H31N/c1-16(2)15-19(13-6-7-14-19)18(20)12-8-11-17-9-4-3-5-10-17/h3-5,9-10,16,18H,6-8,11-15,20H2,1-2H3. The summed E-state index contributed by atoms with van der Waals surface area (Å²) >= 11 is 0. The van der Waals surface area contributed by atoms with Crippen LogP contribution in [0.25, 0.3) is 0 Å². The minimum absolute atomic E-state index is 0.399. The van der Waals surface area contributed by atoms with E-state index in [-0.39, 0.29) is 0 Å². The predicted octanol–water partition coefficient (Wildman–Crippen LogP) is 4.94. The molecule has 1 aromatic rings. The van der Waals surface area contributed by atoms with Crippen LogP contribution < -0.4 is 5.73 Å². The van der Waals surface area contributed by atoms with Gasteiger partial charge in [-0.1, -0.05) is 57.0 Å². The normalized spacial score (nSPS) is 19.4. The van der Waals surface area contributed by atoms with E-state index in [0.717, 1.165) is 5.92 Å². The van der Waals surface area contributed by atoms with Gasteiger partial charge in [-0.3, -0.25) is 0 Å². The van der Waals surface area contributed by atoms with Crippen LogP contribution in [-0.4, -0.2) is 6.04 Å². The highest BCUT2D eigenvalue weighted by molar-refractivity contribution is 5.14. The first-order chi connectivity index (χ1) is 9.62. The van der Waals surface area contributed by atoms with Crippen molar-refractivity contribution in [2.24, 2.45) is 17.1 Å². The van der Waals surface area contributed by atoms with Crippen molar-refractivity contribution in [3.05, 3.63) is 35.9 Å². The van der Waals surface area contributed by atoms with Crippen LogP contribution in [0.3, 0.4) is 0 Å². The van der Waals surface area contributed by atoms with Crippen molar-refractivity contribution in [1.82, 2.24) is 0 Å². The van der Waals surface area contributed by atoms with Gasteiger partial charge in [-0.2, -0.15) is 0 Å². The fraction of sp³-hybridized carbons (Fsp3) is 0.684. The molecule has 0 heterocycles. The Balaban J connectivity index is 1.84. The fourth-order valence-corrected chi connectivity index (χ4v) is 4.10. The summed E-state index contributed by atoms with van der Waals surface area (Å²) in [6.07, 6.45) is 10.4. The van der Waals surface area contributed by atoms with Gasteiger partial charge in [0.1, 0.15) is 0 Å². The second-order valence-corrected chi connectivity index (χ2v) is 7.15. The smallest absolute Gasteiger partial charge is 0.00957 e. The number of nitrogens with two attached hydrogens (primary N) is 1. The fourth-order valence-electron chi connectivity index (χ4n) is 4.10. The zero-order valence-electron chi connectivity index (χ0n) is 13.3. The molecule has 0 spiro atoms. The molecule has 2 N–H and O–H groups in total. The van der Waals surface area contributed by atoms with Gasteiger partial charge in [0.05, 0.1) is 0 Å². The Morgan fingerprint density at radius 1 is 1.10 bits per heavy atom. The van der Waals surface area contributed by atoms with Gasteiger partial charge < -0.3 is 5.73 Å². The van der Waals surface area contributed by atoms with E-state index < -0.39 is 0 Å². The number of benzene rings is 1. The average molecular weight is 273 g/mol. The van der Waals surface area contributed by atoms with Crippen molar-refractivity contribution >= 4 is 0 Å². The van der Waals surface area contributed by atoms with Crippen LogP contribution >= 0.6 is 0 Å². The molecule has 0 saturated heterocycles. The Hall–Kier alpha value is -0.820. The molecule has 0 bridgehead atoms. The van der Waals surface area contributed by atoms with Crippen molar-refractivity contribution < 1.29 is 0 Å². The van der Waals surface area contributed by atoms with E-state index in [0.29, 0.717) is 11.5 Å². The highest BCUT2D eigenvalue weighted by atomic mass is 14.7. The second kappa shape index (κ2) is 7.26. The van der Waals surface area contributed by atoms with Gasteiger partial charge in [0.25, 0.3) is 0 Å². The molecule has 0 amide bonds. The topological polar surface area (TPSA) is 26.0 Å². The van der Waals surface area contributed by atoms with Crippen LogP contribution in [-0.2, 0) is 6.42 Å². The molecule has 20 heavy (non-hydrogen) atoms. The summed E-state index contributed by atoms with van der Waals surface area (Å²) in [5.41, 5.74) is 8.52. The van der Waals surface area contributed by atoms with Gasteiger partial charge in [0.15, 0.2) is 0 Å². The maximum absolute atomic E-state index is 6.63. The highest BCUT2D eigenvalue weighted by Crippen LogP contribution is 2.46. The second-order valence-electron chi connectivity index (χ2n) is 7.15. The third kappa shape index (κ3) is 4.09. The molecule has 1 aliphatic carbocycles. The van der Waals surface area contributed by atoms with Gasteiger partial charge in [-0.05, 0) is 55.4 Å². The lowest BCUT2D eigenvalue weighted by molar-refractivity contribution is 0.173. The first kappa shape index (κ1) is 15.6. The Labute approximate surface area is 125 Å². The predicted molar refractivity (Wildman–Crippen MR) is 87.7 cm³/mol. The molecule has 0 radical (unpaired) electrons. The van der Waals surface area contributed by atoms with E-state index in [1.165, 1.54) is 56.9 Å². The summed E-state index contributed by atoms with van der Waals surface area (Å²) in [5.74, 6) is 0.772. The van der Waals surface area contributed by atoms with Crippen molar-refractivity contribution in [3.8, 4) is 0 Å². The molecule has 1 nitrogen and oxygen atoms in total.